The summed E-state index contributed by atoms with van der Waals surface area (Å²) in [6.07, 6.45) is 2.64. The Morgan fingerprint density at radius 3 is 2.24 bits per heavy atom. The molecule has 226 valence electrons. The van der Waals surface area contributed by atoms with Crippen molar-refractivity contribution in [2.24, 2.45) is 0 Å². The van der Waals surface area contributed by atoms with E-state index in [0.717, 1.165) is 21.2 Å². The Bertz CT molecular complexity index is 1430. The zero-order valence-electron chi connectivity index (χ0n) is 24.7. The second-order valence-electron chi connectivity index (χ2n) is 9.42. The lowest BCUT2D eigenvalue weighted by Gasteiger charge is -2.32. The van der Waals surface area contributed by atoms with Crippen LogP contribution in [0.2, 0.25) is 0 Å². The van der Waals surface area contributed by atoms with Gasteiger partial charge in [-0.1, -0.05) is 31.2 Å². The molecule has 0 saturated carbocycles. The summed E-state index contributed by atoms with van der Waals surface area (Å²) in [7, 11) is -2.65. The molecule has 0 aromatic heterocycles. The minimum absolute atomic E-state index is 0.0369. The van der Waals surface area contributed by atoms with Gasteiger partial charge in [-0.15, -0.1) is 11.8 Å². The minimum atomic E-state index is -4.21. The number of hydrogen-bond donors (Lipinski definition) is 1. The molecule has 2 amide bonds. The van der Waals surface area contributed by atoms with Gasteiger partial charge in [-0.2, -0.15) is 0 Å². The summed E-state index contributed by atoms with van der Waals surface area (Å²) in [5.74, 6) is 0.117. The summed E-state index contributed by atoms with van der Waals surface area (Å²) in [4.78, 5) is 29.5. The number of sulfonamides is 1. The van der Waals surface area contributed by atoms with Gasteiger partial charge in [-0.05, 0) is 80.6 Å². The Balaban J connectivity index is 2.06. The first-order valence-electron chi connectivity index (χ1n) is 13.7. The molecule has 0 bridgehead atoms. The van der Waals surface area contributed by atoms with Crippen LogP contribution >= 0.6 is 11.8 Å². The molecule has 0 saturated heterocycles. The maximum Gasteiger partial charge on any atom is 0.264 e. The molecular weight excluding hydrogens is 574 g/mol. The van der Waals surface area contributed by atoms with E-state index in [1.165, 1.54) is 28.8 Å². The number of rotatable bonds is 15. The molecule has 0 aliphatic carbocycles. The molecule has 1 N–H and O–H groups in total. The number of methoxy groups -OCH3 is 1. The molecule has 0 unspecified atom stereocenters. The molecule has 0 spiro atoms. The topological polar surface area (TPSA) is 105 Å². The zero-order chi connectivity index (χ0) is 30.7. The average molecular weight is 614 g/mol. The fourth-order valence-electron chi connectivity index (χ4n) is 4.24. The van der Waals surface area contributed by atoms with Crippen LogP contribution in [0.1, 0.15) is 32.8 Å². The van der Waals surface area contributed by atoms with E-state index in [1.807, 2.05) is 25.3 Å². The number of carbonyl (C=O) groups excluding carboxylic acids is 2. The van der Waals surface area contributed by atoms with Gasteiger partial charge >= 0.3 is 0 Å². The van der Waals surface area contributed by atoms with Crippen LogP contribution in [-0.2, 0) is 26.2 Å². The average Bonchev–Trinajstić information content (AvgIpc) is 3.01. The highest BCUT2D eigenvalue weighted by Gasteiger charge is 2.33. The van der Waals surface area contributed by atoms with E-state index in [4.69, 9.17) is 9.47 Å². The quantitative estimate of drug-likeness (QED) is 0.242. The maximum atomic E-state index is 14.1. The number of para-hydroxylation sites is 2. The van der Waals surface area contributed by atoms with Crippen molar-refractivity contribution in [1.82, 2.24) is 10.2 Å². The zero-order valence-corrected chi connectivity index (χ0v) is 26.3. The largest absolute Gasteiger partial charge is 0.497 e. The first kappa shape index (κ1) is 32.8. The summed E-state index contributed by atoms with van der Waals surface area (Å²) >= 11 is 1.50. The van der Waals surface area contributed by atoms with E-state index in [9.17, 15) is 18.0 Å². The van der Waals surface area contributed by atoms with Crippen LogP contribution in [-0.4, -0.2) is 64.2 Å². The maximum absolute atomic E-state index is 14.1. The Kier molecular flexibility index (Phi) is 12.1. The third-order valence-corrected chi connectivity index (χ3v) is 9.11. The van der Waals surface area contributed by atoms with Crippen LogP contribution in [0.25, 0.3) is 0 Å². The number of benzene rings is 3. The van der Waals surface area contributed by atoms with E-state index in [2.05, 4.69) is 5.32 Å². The van der Waals surface area contributed by atoms with Gasteiger partial charge in [-0.25, -0.2) is 8.42 Å². The minimum Gasteiger partial charge on any atom is -0.497 e. The summed E-state index contributed by atoms with van der Waals surface area (Å²) in [6, 6.07) is 19.5. The predicted octanol–water partition coefficient (Wildman–Crippen LogP) is 4.95. The third-order valence-electron chi connectivity index (χ3n) is 6.59. The third kappa shape index (κ3) is 8.19. The van der Waals surface area contributed by atoms with Gasteiger partial charge in [0.1, 0.15) is 24.1 Å². The summed E-state index contributed by atoms with van der Waals surface area (Å²) < 4.78 is 40.3. The highest BCUT2D eigenvalue weighted by atomic mass is 32.2. The Morgan fingerprint density at radius 1 is 0.976 bits per heavy atom. The number of anilines is 1. The van der Waals surface area contributed by atoms with Crippen molar-refractivity contribution in [3.05, 3.63) is 78.4 Å². The lowest BCUT2D eigenvalue weighted by atomic mass is 10.1. The van der Waals surface area contributed by atoms with Crippen LogP contribution in [0.15, 0.2) is 82.6 Å². The lowest BCUT2D eigenvalue weighted by molar-refractivity contribution is -0.139. The van der Waals surface area contributed by atoms with Gasteiger partial charge in [-0.3, -0.25) is 13.9 Å². The van der Waals surface area contributed by atoms with E-state index in [1.54, 1.807) is 69.5 Å². The first-order valence-corrected chi connectivity index (χ1v) is 16.4. The fraction of sp³-hybridized carbons (Fsp3) is 0.355. The number of amides is 2. The highest BCUT2D eigenvalue weighted by Crippen LogP contribution is 2.33. The van der Waals surface area contributed by atoms with Crippen molar-refractivity contribution in [3.8, 4) is 11.5 Å². The number of thioether (sulfide) groups is 1. The van der Waals surface area contributed by atoms with Crippen molar-refractivity contribution < 1.29 is 27.5 Å². The normalized spacial score (nSPS) is 11.8. The Labute approximate surface area is 253 Å². The van der Waals surface area contributed by atoms with Crippen LogP contribution in [0.3, 0.4) is 0 Å². The fourth-order valence-corrected chi connectivity index (χ4v) is 6.07. The SMILES string of the molecule is CCCNC(=O)[C@@H](C)N(Cc1ccc(OC)cc1)C(=O)CN(c1ccccc1OCC)S(=O)(=O)c1ccc(SC)cc1. The van der Waals surface area contributed by atoms with Crippen molar-refractivity contribution in [2.45, 2.75) is 49.6 Å². The number of nitrogens with one attached hydrogen (secondary N) is 1. The second kappa shape index (κ2) is 15.5. The van der Waals surface area contributed by atoms with E-state index in [-0.39, 0.29) is 23.0 Å². The smallest absolute Gasteiger partial charge is 0.264 e. The standard InChI is InChI=1S/C31H39N3O6S2/c1-6-20-32-31(36)23(3)33(21-24-12-14-25(39-4)15-13-24)30(35)22-34(28-10-8-9-11-29(28)40-7-2)42(37,38)27-18-16-26(41-5)17-19-27/h8-19,23H,6-7,20-22H2,1-5H3,(H,32,36)/t23-/m1/s1. The number of nitrogens with zero attached hydrogens (tertiary/aromatic N) is 2. The molecule has 9 nitrogen and oxygen atoms in total. The van der Waals surface area contributed by atoms with Gasteiger partial charge in [0.15, 0.2) is 0 Å². The van der Waals surface area contributed by atoms with Crippen molar-refractivity contribution in [3.63, 3.8) is 0 Å². The van der Waals surface area contributed by atoms with Crippen LogP contribution in [0.4, 0.5) is 5.69 Å². The molecule has 3 aromatic rings. The van der Waals surface area contributed by atoms with Gasteiger partial charge in [0.2, 0.25) is 11.8 Å². The van der Waals surface area contributed by atoms with Gasteiger partial charge < -0.3 is 19.7 Å². The van der Waals surface area contributed by atoms with Crippen molar-refractivity contribution >= 4 is 39.3 Å². The molecule has 0 radical (unpaired) electrons. The molecular formula is C31H39N3O6S2. The van der Waals surface area contributed by atoms with Crippen molar-refractivity contribution in [1.29, 1.82) is 0 Å². The molecule has 1 atom stereocenters. The lowest BCUT2D eigenvalue weighted by Crippen LogP contribution is -2.51. The molecule has 0 aliphatic rings. The van der Waals surface area contributed by atoms with Gasteiger partial charge in [0.05, 0.1) is 24.3 Å². The van der Waals surface area contributed by atoms with Crippen LogP contribution < -0.4 is 19.1 Å². The van der Waals surface area contributed by atoms with E-state index >= 15 is 0 Å². The van der Waals surface area contributed by atoms with Crippen LogP contribution in [0.5, 0.6) is 11.5 Å². The predicted molar refractivity (Wildman–Crippen MR) is 167 cm³/mol. The Morgan fingerprint density at radius 2 is 1.64 bits per heavy atom. The van der Waals surface area contributed by atoms with E-state index < -0.39 is 28.5 Å². The van der Waals surface area contributed by atoms with Gasteiger partial charge in [0, 0.05) is 18.0 Å². The first-order chi connectivity index (χ1) is 20.2. The molecule has 0 fully saturated rings. The number of carbonyl (C=O) groups is 2. The monoisotopic (exact) mass is 613 g/mol. The van der Waals surface area contributed by atoms with Gasteiger partial charge in [0.25, 0.3) is 10.0 Å². The summed E-state index contributed by atoms with van der Waals surface area (Å²) in [5.41, 5.74) is 0.991. The molecule has 3 aromatic carbocycles. The molecule has 3 rings (SSSR count). The summed E-state index contributed by atoms with van der Waals surface area (Å²) in [6.45, 7) is 5.69. The molecule has 11 heteroatoms. The van der Waals surface area contributed by atoms with Crippen molar-refractivity contribution in [2.75, 3.05) is 37.4 Å². The van der Waals surface area contributed by atoms with E-state index in [0.29, 0.717) is 24.7 Å². The summed E-state index contributed by atoms with van der Waals surface area (Å²) in [5, 5.41) is 2.84. The Hall–Kier alpha value is -3.70. The molecule has 0 heterocycles. The molecule has 42 heavy (non-hydrogen) atoms. The van der Waals surface area contributed by atoms with Crippen LogP contribution in [0, 0.1) is 0 Å². The number of hydrogen-bond acceptors (Lipinski definition) is 7. The second-order valence-corrected chi connectivity index (χ2v) is 12.2. The molecule has 0 aliphatic heterocycles. The number of ether oxygens (including phenoxy) is 2. The highest BCUT2D eigenvalue weighted by molar-refractivity contribution is 7.98.